The number of ether oxygens (including phenoxy) is 1. The highest BCUT2D eigenvalue weighted by molar-refractivity contribution is 9.10. The molecule has 1 aromatic carbocycles. The van der Waals surface area contributed by atoms with E-state index < -0.39 is 0 Å². The van der Waals surface area contributed by atoms with Crippen LogP contribution >= 0.6 is 15.9 Å². The SMILES string of the molecule is COc1ccc(CC(O)C2(N(C)C)CCCC2)cc1Br. The van der Waals surface area contributed by atoms with Crippen LogP contribution in [-0.2, 0) is 6.42 Å². The molecule has 1 fully saturated rings. The van der Waals surface area contributed by atoms with Crippen LogP contribution < -0.4 is 4.74 Å². The van der Waals surface area contributed by atoms with Crippen LogP contribution in [0.5, 0.6) is 5.75 Å². The van der Waals surface area contributed by atoms with Crippen molar-refractivity contribution in [2.24, 2.45) is 0 Å². The molecule has 1 aliphatic rings. The molecule has 3 nitrogen and oxygen atoms in total. The van der Waals surface area contributed by atoms with Crippen molar-refractivity contribution in [2.75, 3.05) is 21.2 Å². The summed E-state index contributed by atoms with van der Waals surface area (Å²) < 4.78 is 6.19. The van der Waals surface area contributed by atoms with Gasteiger partial charge in [0.15, 0.2) is 0 Å². The molecule has 1 aliphatic carbocycles. The molecule has 1 saturated carbocycles. The molecule has 20 heavy (non-hydrogen) atoms. The normalized spacial score (nSPS) is 19.3. The Balaban J connectivity index is 2.14. The van der Waals surface area contributed by atoms with Gasteiger partial charge in [-0.1, -0.05) is 18.9 Å². The third kappa shape index (κ3) is 3.02. The fourth-order valence-corrected chi connectivity index (χ4v) is 3.90. The van der Waals surface area contributed by atoms with Crippen LogP contribution in [-0.4, -0.2) is 42.9 Å². The van der Waals surface area contributed by atoms with Crippen molar-refractivity contribution in [1.82, 2.24) is 4.90 Å². The van der Waals surface area contributed by atoms with Crippen LogP contribution in [0.1, 0.15) is 31.2 Å². The van der Waals surface area contributed by atoms with Gasteiger partial charge >= 0.3 is 0 Å². The summed E-state index contributed by atoms with van der Waals surface area (Å²) in [7, 11) is 5.82. The van der Waals surface area contributed by atoms with Crippen LogP contribution in [0.4, 0.5) is 0 Å². The van der Waals surface area contributed by atoms with Gasteiger partial charge in [0.05, 0.1) is 17.7 Å². The van der Waals surface area contributed by atoms with Crippen molar-refractivity contribution in [3.05, 3.63) is 28.2 Å². The second-order valence-corrected chi connectivity index (χ2v) is 6.75. The zero-order valence-corrected chi connectivity index (χ0v) is 14.1. The number of aliphatic hydroxyl groups excluding tert-OH is 1. The van der Waals surface area contributed by atoms with Crippen molar-refractivity contribution < 1.29 is 9.84 Å². The van der Waals surface area contributed by atoms with E-state index in [0.717, 1.165) is 28.6 Å². The zero-order chi connectivity index (χ0) is 14.8. The number of rotatable bonds is 5. The second-order valence-electron chi connectivity index (χ2n) is 5.89. The van der Waals surface area contributed by atoms with Crippen molar-refractivity contribution in [3.63, 3.8) is 0 Å². The number of likely N-dealkylation sites (N-methyl/N-ethyl adjacent to an activating group) is 1. The standard InChI is InChI=1S/C16H24BrNO2/c1-18(2)16(8-4-5-9-16)15(19)11-12-6-7-14(20-3)13(17)10-12/h6-7,10,15,19H,4-5,8-9,11H2,1-3H3. The Bertz CT molecular complexity index is 456. The molecule has 1 N–H and O–H groups in total. The van der Waals surface area contributed by atoms with E-state index in [9.17, 15) is 5.11 Å². The molecule has 0 spiro atoms. The van der Waals surface area contributed by atoms with Crippen molar-refractivity contribution in [2.45, 2.75) is 43.7 Å². The van der Waals surface area contributed by atoms with Crippen LogP contribution in [0.15, 0.2) is 22.7 Å². The first-order valence-corrected chi connectivity index (χ1v) is 7.97. The smallest absolute Gasteiger partial charge is 0.133 e. The first kappa shape index (κ1) is 15.8. The molecule has 0 aliphatic heterocycles. The predicted octanol–water partition coefficient (Wildman–Crippen LogP) is 3.24. The second kappa shape index (κ2) is 6.46. The summed E-state index contributed by atoms with van der Waals surface area (Å²) in [5, 5.41) is 10.8. The maximum Gasteiger partial charge on any atom is 0.133 e. The van der Waals surface area contributed by atoms with E-state index in [1.807, 2.05) is 18.2 Å². The fourth-order valence-electron chi connectivity index (χ4n) is 3.32. The van der Waals surface area contributed by atoms with Crippen LogP contribution in [0.2, 0.25) is 0 Å². The van der Waals surface area contributed by atoms with Crippen molar-refractivity contribution in [1.29, 1.82) is 0 Å². The summed E-state index contributed by atoms with van der Waals surface area (Å²) >= 11 is 3.51. The number of methoxy groups -OCH3 is 1. The average Bonchev–Trinajstić information content (AvgIpc) is 2.89. The lowest BCUT2D eigenvalue weighted by molar-refractivity contribution is -0.00251. The van der Waals surface area contributed by atoms with Gasteiger partial charge in [0.1, 0.15) is 5.75 Å². The molecule has 1 atom stereocenters. The number of halogens is 1. The zero-order valence-electron chi connectivity index (χ0n) is 12.5. The first-order chi connectivity index (χ1) is 9.49. The van der Waals surface area contributed by atoms with Gasteiger partial charge in [0, 0.05) is 12.0 Å². The summed E-state index contributed by atoms with van der Waals surface area (Å²) in [5.74, 6) is 0.825. The molecule has 0 bridgehead atoms. The van der Waals surface area contributed by atoms with Gasteiger partial charge in [-0.15, -0.1) is 0 Å². The van der Waals surface area contributed by atoms with Crippen LogP contribution in [0.3, 0.4) is 0 Å². The van der Waals surface area contributed by atoms with Gasteiger partial charge in [-0.3, -0.25) is 0 Å². The van der Waals surface area contributed by atoms with E-state index in [1.54, 1.807) is 7.11 Å². The van der Waals surface area contributed by atoms with Gasteiger partial charge in [-0.05, 0) is 60.6 Å². The summed E-state index contributed by atoms with van der Waals surface area (Å²) in [4.78, 5) is 2.21. The number of benzene rings is 1. The number of aliphatic hydroxyl groups is 1. The summed E-state index contributed by atoms with van der Waals surface area (Å²) in [6.45, 7) is 0. The van der Waals surface area contributed by atoms with Gasteiger partial charge in [0.2, 0.25) is 0 Å². The maximum atomic E-state index is 10.8. The molecule has 0 radical (unpaired) electrons. The first-order valence-electron chi connectivity index (χ1n) is 7.17. The topological polar surface area (TPSA) is 32.7 Å². The molecule has 0 heterocycles. The molecule has 112 valence electrons. The summed E-state index contributed by atoms with van der Waals surface area (Å²) in [6.07, 6.45) is 4.93. The minimum Gasteiger partial charge on any atom is -0.496 e. The Hall–Kier alpha value is -0.580. The minimum atomic E-state index is -0.333. The van der Waals surface area contributed by atoms with Crippen molar-refractivity contribution >= 4 is 15.9 Å². The highest BCUT2D eigenvalue weighted by Gasteiger charge is 2.42. The lowest BCUT2D eigenvalue weighted by Crippen LogP contribution is -2.52. The monoisotopic (exact) mass is 341 g/mol. The van der Waals surface area contributed by atoms with Crippen LogP contribution in [0.25, 0.3) is 0 Å². The van der Waals surface area contributed by atoms with E-state index in [1.165, 1.54) is 12.8 Å². The van der Waals surface area contributed by atoms with Crippen molar-refractivity contribution in [3.8, 4) is 5.75 Å². The van der Waals surface area contributed by atoms with E-state index in [4.69, 9.17) is 4.74 Å². The molecule has 2 rings (SSSR count). The highest BCUT2D eigenvalue weighted by Crippen LogP contribution is 2.38. The summed E-state index contributed by atoms with van der Waals surface area (Å²) in [6, 6.07) is 6.02. The third-order valence-electron chi connectivity index (χ3n) is 4.63. The predicted molar refractivity (Wildman–Crippen MR) is 85.3 cm³/mol. The molecule has 0 amide bonds. The number of hydrogen-bond donors (Lipinski definition) is 1. The number of hydrogen-bond acceptors (Lipinski definition) is 3. The van der Waals surface area contributed by atoms with Gasteiger partial charge < -0.3 is 14.7 Å². The Morgan fingerprint density at radius 1 is 1.35 bits per heavy atom. The maximum absolute atomic E-state index is 10.8. The highest BCUT2D eigenvalue weighted by atomic mass is 79.9. The Labute approximate surface area is 130 Å². The molecular formula is C16H24BrNO2. The van der Waals surface area contributed by atoms with E-state index in [-0.39, 0.29) is 11.6 Å². The summed E-state index contributed by atoms with van der Waals surface area (Å²) in [5.41, 5.74) is 1.07. The van der Waals surface area contributed by atoms with E-state index >= 15 is 0 Å². The largest absolute Gasteiger partial charge is 0.496 e. The average molecular weight is 342 g/mol. The molecular weight excluding hydrogens is 318 g/mol. The van der Waals surface area contributed by atoms with Crippen LogP contribution in [0, 0.1) is 0 Å². The Morgan fingerprint density at radius 2 is 2.00 bits per heavy atom. The van der Waals surface area contributed by atoms with E-state index in [2.05, 4.69) is 34.9 Å². The molecule has 1 aromatic rings. The Morgan fingerprint density at radius 3 is 2.50 bits per heavy atom. The van der Waals surface area contributed by atoms with Gasteiger partial charge in [-0.25, -0.2) is 0 Å². The third-order valence-corrected chi connectivity index (χ3v) is 5.25. The Kier molecular flexibility index (Phi) is 5.10. The van der Waals surface area contributed by atoms with Gasteiger partial charge in [-0.2, -0.15) is 0 Å². The molecule has 0 aromatic heterocycles. The van der Waals surface area contributed by atoms with E-state index in [0.29, 0.717) is 6.42 Å². The van der Waals surface area contributed by atoms with Gasteiger partial charge in [0.25, 0.3) is 0 Å². The molecule has 4 heteroatoms. The fraction of sp³-hybridized carbons (Fsp3) is 0.625. The molecule has 0 saturated heterocycles. The lowest BCUT2D eigenvalue weighted by atomic mass is 9.85. The number of nitrogens with zero attached hydrogens (tertiary/aromatic N) is 1. The molecule has 1 unspecified atom stereocenters. The lowest BCUT2D eigenvalue weighted by Gasteiger charge is -2.40. The quantitative estimate of drug-likeness (QED) is 0.892. The minimum absolute atomic E-state index is 0.0631.